The zero-order chi connectivity index (χ0) is 18.3. The summed E-state index contributed by atoms with van der Waals surface area (Å²) in [6.45, 7) is 11.5. The topological polar surface area (TPSA) is 83.7 Å². The van der Waals surface area contributed by atoms with E-state index >= 15 is 0 Å². The van der Waals surface area contributed by atoms with Crippen molar-refractivity contribution in [1.82, 2.24) is 9.21 Å². The fourth-order valence-electron chi connectivity index (χ4n) is 2.45. The van der Waals surface area contributed by atoms with E-state index in [0.29, 0.717) is 25.2 Å². The first kappa shape index (κ1) is 20.6. The fourth-order valence-corrected chi connectivity index (χ4v) is 4.04. The van der Waals surface area contributed by atoms with E-state index in [0.717, 1.165) is 13.1 Å². The molecule has 0 atom stereocenters. The van der Waals surface area contributed by atoms with Gasteiger partial charge in [-0.2, -0.15) is 4.31 Å². The third kappa shape index (κ3) is 5.58. The lowest BCUT2D eigenvalue weighted by atomic mass is 10.2. The van der Waals surface area contributed by atoms with Crippen molar-refractivity contribution in [1.29, 1.82) is 0 Å². The molecule has 0 aliphatic rings. The minimum atomic E-state index is -3.60. The first-order valence-electron chi connectivity index (χ1n) is 8.34. The molecule has 0 spiro atoms. The lowest BCUT2D eigenvalue weighted by Gasteiger charge is -2.27. The summed E-state index contributed by atoms with van der Waals surface area (Å²) < 4.78 is 27.4. The largest absolute Gasteiger partial charge is 0.366 e. The minimum Gasteiger partial charge on any atom is -0.366 e. The molecule has 7 heteroatoms. The first-order valence-corrected chi connectivity index (χ1v) is 9.78. The van der Waals surface area contributed by atoms with Crippen LogP contribution in [0.2, 0.25) is 0 Å². The Labute approximate surface area is 145 Å². The van der Waals surface area contributed by atoms with Crippen LogP contribution in [-0.2, 0) is 10.0 Å². The highest BCUT2D eigenvalue weighted by Crippen LogP contribution is 2.18. The van der Waals surface area contributed by atoms with Crippen LogP contribution in [0.3, 0.4) is 0 Å². The Balaban J connectivity index is 3.03. The molecule has 136 valence electrons. The third-order valence-electron chi connectivity index (χ3n) is 3.91. The number of hydrogen-bond acceptors (Lipinski definition) is 4. The van der Waals surface area contributed by atoms with Crippen LogP contribution in [0.25, 0.3) is 0 Å². The van der Waals surface area contributed by atoms with Crippen molar-refractivity contribution in [3.8, 4) is 0 Å². The summed E-state index contributed by atoms with van der Waals surface area (Å²) >= 11 is 0. The predicted octanol–water partition coefficient (Wildman–Crippen LogP) is 1.77. The zero-order valence-corrected chi connectivity index (χ0v) is 15.8. The van der Waals surface area contributed by atoms with E-state index in [2.05, 4.69) is 18.7 Å². The number of nitrogens with two attached hydrogens (primary N) is 1. The van der Waals surface area contributed by atoms with Crippen LogP contribution in [0.5, 0.6) is 0 Å². The van der Waals surface area contributed by atoms with Crippen molar-refractivity contribution in [3.05, 3.63) is 29.8 Å². The molecule has 0 heterocycles. The van der Waals surface area contributed by atoms with Crippen molar-refractivity contribution in [2.45, 2.75) is 32.6 Å². The maximum atomic E-state index is 12.9. The number of hydrogen-bond donors (Lipinski definition) is 1. The average Bonchev–Trinajstić information content (AvgIpc) is 2.54. The van der Waals surface area contributed by atoms with Gasteiger partial charge in [-0.25, -0.2) is 8.42 Å². The van der Waals surface area contributed by atoms with Crippen LogP contribution in [0.15, 0.2) is 29.2 Å². The summed E-state index contributed by atoms with van der Waals surface area (Å²) in [5.41, 5.74) is 5.50. The zero-order valence-electron chi connectivity index (χ0n) is 15.0. The van der Waals surface area contributed by atoms with Crippen molar-refractivity contribution >= 4 is 15.9 Å². The molecule has 0 unspecified atom stereocenters. The molecule has 1 aromatic rings. The highest BCUT2D eigenvalue weighted by Gasteiger charge is 2.25. The highest BCUT2D eigenvalue weighted by molar-refractivity contribution is 7.89. The van der Waals surface area contributed by atoms with Gasteiger partial charge < -0.3 is 10.6 Å². The second-order valence-electron chi connectivity index (χ2n) is 6.17. The van der Waals surface area contributed by atoms with E-state index in [1.807, 2.05) is 13.8 Å². The Morgan fingerprint density at radius 1 is 1.08 bits per heavy atom. The molecular weight excluding hydrogens is 326 g/mol. The summed E-state index contributed by atoms with van der Waals surface area (Å²) in [5.74, 6) is -0.346. The number of amides is 1. The van der Waals surface area contributed by atoms with Gasteiger partial charge in [0, 0.05) is 25.2 Å². The van der Waals surface area contributed by atoms with Crippen LogP contribution >= 0.6 is 0 Å². The number of carbonyl (C=O) groups excluding carboxylic acids is 1. The van der Waals surface area contributed by atoms with E-state index < -0.39 is 15.9 Å². The molecule has 6 nitrogen and oxygen atoms in total. The van der Waals surface area contributed by atoms with E-state index in [1.54, 1.807) is 0 Å². The van der Waals surface area contributed by atoms with E-state index in [4.69, 9.17) is 5.73 Å². The Morgan fingerprint density at radius 3 is 2.04 bits per heavy atom. The lowest BCUT2D eigenvalue weighted by Crippen LogP contribution is -2.40. The van der Waals surface area contributed by atoms with Gasteiger partial charge in [-0.05, 0) is 43.3 Å². The summed E-state index contributed by atoms with van der Waals surface area (Å²) in [4.78, 5) is 13.5. The van der Waals surface area contributed by atoms with Gasteiger partial charge in [0.05, 0.1) is 4.90 Å². The van der Waals surface area contributed by atoms with Crippen LogP contribution in [0.1, 0.15) is 38.1 Å². The molecule has 0 bridgehead atoms. The second kappa shape index (κ2) is 9.15. The van der Waals surface area contributed by atoms with Crippen LogP contribution in [0, 0.1) is 5.92 Å². The molecule has 0 radical (unpaired) electrons. The third-order valence-corrected chi connectivity index (χ3v) is 5.78. The molecule has 0 aromatic heterocycles. The lowest BCUT2D eigenvalue weighted by molar-refractivity contribution is 0.1000. The van der Waals surface area contributed by atoms with Crippen molar-refractivity contribution in [2.75, 3.05) is 32.7 Å². The quantitative estimate of drug-likeness (QED) is 0.693. The molecule has 1 amide bonds. The van der Waals surface area contributed by atoms with Crippen molar-refractivity contribution in [2.24, 2.45) is 11.7 Å². The molecule has 24 heavy (non-hydrogen) atoms. The number of rotatable bonds is 10. The minimum absolute atomic E-state index is 0.188. The Kier molecular flexibility index (Phi) is 7.86. The van der Waals surface area contributed by atoms with Gasteiger partial charge in [-0.1, -0.05) is 27.7 Å². The molecule has 1 aromatic carbocycles. The summed E-state index contributed by atoms with van der Waals surface area (Å²) in [7, 11) is -3.60. The Hall–Kier alpha value is -1.44. The molecule has 2 N–H and O–H groups in total. The number of sulfonamides is 1. The average molecular weight is 356 g/mol. The molecule has 0 saturated carbocycles. The molecular formula is C17H29N3O3S. The van der Waals surface area contributed by atoms with Gasteiger partial charge in [0.15, 0.2) is 0 Å². The van der Waals surface area contributed by atoms with Gasteiger partial charge in [0.2, 0.25) is 15.9 Å². The van der Waals surface area contributed by atoms with Gasteiger partial charge in [-0.3, -0.25) is 4.79 Å². The maximum absolute atomic E-state index is 12.9. The summed E-state index contributed by atoms with van der Waals surface area (Å²) in [6, 6.07) is 5.79. The summed E-state index contributed by atoms with van der Waals surface area (Å²) in [5, 5.41) is 0. The van der Waals surface area contributed by atoms with Crippen molar-refractivity contribution in [3.63, 3.8) is 0 Å². The molecule has 0 aliphatic heterocycles. The molecule has 0 saturated heterocycles. The summed E-state index contributed by atoms with van der Waals surface area (Å²) in [6.07, 6.45) is 0. The van der Waals surface area contributed by atoms with Crippen LogP contribution in [0.4, 0.5) is 0 Å². The van der Waals surface area contributed by atoms with Crippen LogP contribution in [-0.4, -0.2) is 56.3 Å². The van der Waals surface area contributed by atoms with E-state index in [1.165, 1.54) is 28.6 Å². The Bertz CT molecular complexity index is 623. The number of nitrogens with zero attached hydrogens (tertiary/aromatic N) is 2. The van der Waals surface area contributed by atoms with E-state index in [9.17, 15) is 13.2 Å². The Morgan fingerprint density at radius 2 is 1.62 bits per heavy atom. The predicted molar refractivity (Wildman–Crippen MR) is 96.3 cm³/mol. The smallest absolute Gasteiger partial charge is 0.248 e. The maximum Gasteiger partial charge on any atom is 0.248 e. The van der Waals surface area contributed by atoms with Gasteiger partial charge in [0.1, 0.15) is 0 Å². The standard InChI is InChI=1S/C17H29N3O3S/c1-5-19(6-2)11-12-20(13-14(3)4)24(22,23)16-9-7-15(8-10-16)17(18)21/h7-10,14H,5-6,11-13H2,1-4H3,(H2,18,21). The number of primary amides is 1. The number of likely N-dealkylation sites (N-methyl/N-ethyl adjacent to an activating group) is 1. The number of carbonyl (C=O) groups is 1. The molecule has 0 aliphatic carbocycles. The monoisotopic (exact) mass is 355 g/mol. The SMILES string of the molecule is CCN(CC)CCN(CC(C)C)S(=O)(=O)c1ccc(C(N)=O)cc1. The highest BCUT2D eigenvalue weighted by atomic mass is 32.2. The van der Waals surface area contributed by atoms with Gasteiger partial charge in [-0.15, -0.1) is 0 Å². The second-order valence-corrected chi connectivity index (χ2v) is 8.11. The molecule has 1 rings (SSSR count). The van der Waals surface area contributed by atoms with Gasteiger partial charge in [0.25, 0.3) is 0 Å². The van der Waals surface area contributed by atoms with E-state index in [-0.39, 0.29) is 10.8 Å². The number of benzene rings is 1. The first-order chi connectivity index (χ1) is 11.2. The fraction of sp³-hybridized carbons (Fsp3) is 0.588. The van der Waals surface area contributed by atoms with Crippen molar-refractivity contribution < 1.29 is 13.2 Å². The van der Waals surface area contributed by atoms with Gasteiger partial charge >= 0.3 is 0 Å². The molecule has 0 fully saturated rings. The normalized spacial score (nSPS) is 12.3. The van der Waals surface area contributed by atoms with Crippen LogP contribution < -0.4 is 5.73 Å².